The van der Waals surface area contributed by atoms with Crippen molar-refractivity contribution in [3.63, 3.8) is 0 Å². The van der Waals surface area contributed by atoms with Crippen molar-refractivity contribution in [2.24, 2.45) is 23.8 Å². The van der Waals surface area contributed by atoms with Crippen molar-refractivity contribution in [3.05, 3.63) is 24.0 Å². The van der Waals surface area contributed by atoms with Gasteiger partial charge in [-0.25, -0.2) is 8.42 Å². The van der Waals surface area contributed by atoms with Gasteiger partial charge in [0.15, 0.2) is 0 Å². The first kappa shape index (κ1) is 23.5. The van der Waals surface area contributed by atoms with E-state index in [1.165, 1.54) is 4.31 Å². The first-order chi connectivity index (χ1) is 15.0. The SMILES string of the molecule is CCCN(CC(=O)N(Cc1cccn1C)C1CC1)S(=O)(=O)CC12CCC(CC1=O)C2(C)C. The Morgan fingerprint density at radius 3 is 2.47 bits per heavy atom. The largest absolute Gasteiger partial charge is 0.353 e. The van der Waals surface area contributed by atoms with Crippen LogP contribution >= 0.6 is 0 Å². The Bertz CT molecular complexity index is 995. The highest BCUT2D eigenvalue weighted by Crippen LogP contribution is 2.64. The molecule has 0 N–H and O–H groups in total. The maximum Gasteiger partial charge on any atom is 0.238 e. The summed E-state index contributed by atoms with van der Waals surface area (Å²) in [5.41, 5.74) is -0.0968. The molecule has 7 nitrogen and oxygen atoms in total. The van der Waals surface area contributed by atoms with Crippen LogP contribution in [0, 0.1) is 16.7 Å². The number of amides is 1. The van der Waals surface area contributed by atoms with Crippen LogP contribution in [-0.4, -0.2) is 58.8 Å². The third kappa shape index (κ3) is 3.94. The number of sulfonamides is 1. The molecule has 3 fully saturated rings. The lowest BCUT2D eigenvalue weighted by Crippen LogP contribution is -2.49. The molecule has 2 bridgehead atoms. The topological polar surface area (TPSA) is 79.7 Å². The van der Waals surface area contributed by atoms with Gasteiger partial charge in [-0.05, 0) is 55.6 Å². The van der Waals surface area contributed by atoms with E-state index in [9.17, 15) is 18.0 Å². The van der Waals surface area contributed by atoms with E-state index < -0.39 is 15.4 Å². The average molecular weight is 464 g/mol. The molecule has 3 aliphatic rings. The fraction of sp³-hybridized carbons (Fsp3) is 0.750. The van der Waals surface area contributed by atoms with Gasteiger partial charge in [0, 0.05) is 43.4 Å². The quantitative estimate of drug-likeness (QED) is 0.534. The smallest absolute Gasteiger partial charge is 0.238 e. The van der Waals surface area contributed by atoms with Crippen LogP contribution in [0.25, 0.3) is 0 Å². The molecule has 0 aromatic carbocycles. The van der Waals surface area contributed by atoms with E-state index in [0.717, 1.165) is 25.0 Å². The molecule has 4 rings (SSSR count). The zero-order valence-corrected chi connectivity index (χ0v) is 20.7. The number of carbonyl (C=O) groups excluding carboxylic acids is 2. The van der Waals surface area contributed by atoms with Crippen LogP contribution in [0.2, 0.25) is 0 Å². The molecule has 2 atom stereocenters. The van der Waals surface area contributed by atoms with E-state index in [1.807, 2.05) is 41.8 Å². The number of aromatic nitrogens is 1. The summed E-state index contributed by atoms with van der Waals surface area (Å²) in [7, 11) is -1.81. The third-order valence-corrected chi connectivity index (χ3v) is 10.4. The number of ketones is 1. The summed E-state index contributed by atoms with van der Waals surface area (Å²) in [5, 5.41) is 0. The van der Waals surface area contributed by atoms with Gasteiger partial charge in [0.2, 0.25) is 15.9 Å². The number of Topliss-reactive ketones (excluding diaryl/α,β-unsaturated/α-hetero) is 1. The van der Waals surface area contributed by atoms with Crippen molar-refractivity contribution < 1.29 is 18.0 Å². The second kappa shape index (κ2) is 8.28. The number of carbonyl (C=O) groups is 2. The van der Waals surface area contributed by atoms with Crippen molar-refractivity contribution in [1.29, 1.82) is 0 Å². The lowest BCUT2D eigenvalue weighted by Gasteiger charge is -2.38. The molecular formula is C24H37N3O4S. The molecule has 0 spiro atoms. The van der Waals surface area contributed by atoms with Crippen molar-refractivity contribution in [2.75, 3.05) is 18.8 Å². The highest BCUT2D eigenvalue weighted by Gasteiger charge is 2.65. The van der Waals surface area contributed by atoms with Crippen LogP contribution in [-0.2, 0) is 33.2 Å². The maximum absolute atomic E-state index is 13.6. The fourth-order valence-corrected chi connectivity index (χ4v) is 8.21. The summed E-state index contributed by atoms with van der Waals surface area (Å²) in [5.74, 6) is 0.0386. The molecule has 3 aliphatic carbocycles. The van der Waals surface area contributed by atoms with Gasteiger partial charge in [-0.3, -0.25) is 9.59 Å². The Balaban J connectivity index is 1.53. The van der Waals surface area contributed by atoms with Gasteiger partial charge in [-0.1, -0.05) is 20.8 Å². The molecule has 0 saturated heterocycles. The minimum absolute atomic E-state index is 0.0911. The van der Waals surface area contributed by atoms with Gasteiger partial charge in [-0.2, -0.15) is 4.31 Å². The molecule has 1 amide bonds. The average Bonchev–Trinajstić information content (AvgIpc) is 3.39. The van der Waals surface area contributed by atoms with E-state index >= 15 is 0 Å². The molecule has 178 valence electrons. The summed E-state index contributed by atoms with van der Waals surface area (Å²) >= 11 is 0. The van der Waals surface area contributed by atoms with Crippen molar-refractivity contribution in [2.45, 2.75) is 71.9 Å². The Labute approximate surface area is 192 Å². The van der Waals surface area contributed by atoms with Crippen molar-refractivity contribution in [3.8, 4) is 0 Å². The molecule has 2 unspecified atom stereocenters. The number of fused-ring (bicyclic) bond motifs is 2. The summed E-state index contributed by atoms with van der Waals surface area (Å²) in [6.07, 6.45) is 6.54. The lowest BCUT2D eigenvalue weighted by molar-refractivity contribution is -0.132. The van der Waals surface area contributed by atoms with Crippen molar-refractivity contribution >= 4 is 21.7 Å². The number of hydrogen-bond donors (Lipinski definition) is 0. The van der Waals surface area contributed by atoms with E-state index in [2.05, 4.69) is 13.8 Å². The molecule has 32 heavy (non-hydrogen) atoms. The predicted octanol–water partition coefficient (Wildman–Crippen LogP) is 2.95. The van der Waals surface area contributed by atoms with Crippen LogP contribution < -0.4 is 0 Å². The molecule has 1 aromatic heterocycles. The Hall–Kier alpha value is -1.67. The number of rotatable bonds is 10. The molecule has 0 radical (unpaired) electrons. The lowest BCUT2D eigenvalue weighted by atomic mass is 9.70. The Morgan fingerprint density at radius 2 is 1.97 bits per heavy atom. The fourth-order valence-electron chi connectivity index (χ4n) is 5.96. The van der Waals surface area contributed by atoms with E-state index in [0.29, 0.717) is 32.4 Å². The molecular weight excluding hydrogens is 426 g/mol. The van der Waals surface area contributed by atoms with Gasteiger partial charge in [0.25, 0.3) is 0 Å². The van der Waals surface area contributed by atoms with Gasteiger partial charge >= 0.3 is 0 Å². The van der Waals surface area contributed by atoms with E-state index in [4.69, 9.17) is 0 Å². The highest BCUT2D eigenvalue weighted by molar-refractivity contribution is 7.89. The standard InChI is InChI=1S/C24H37N3O4S/c1-5-12-26(16-22(29)27(19-8-9-19)15-20-7-6-13-25(20)4)32(30,31)17-24-11-10-18(14-21(24)28)23(24,2)3/h6-7,13,18-19H,5,8-12,14-17H2,1-4H3. The summed E-state index contributed by atoms with van der Waals surface area (Å²) in [4.78, 5) is 28.1. The normalized spacial score (nSPS) is 26.8. The Morgan fingerprint density at radius 1 is 1.25 bits per heavy atom. The minimum atomic E-state index is -3.76. The number of aryl methyl sites for hydroxylation is 1. The monoisotopic (exact) mass is 463 g/mol. The molecule has 1 aromatic rings. The van der Waals surface area contributed by atoms with E-state index in [-0.39, 0.29) is 41.4 Å². The summed E-state index contributed by atoms with van der Waals surface area (Å²) in [6.45, 7) is 6.66. The molecule has 1 heterocycles. The van der Waals surface area contributed by atoms with Gasteiger partial charge in [0.05, 0.1) is 18.8 Å². The maximum atomic E-state index is 13.6. The van der Waals surface area contributed by atoms with Gasteiger partial charge < -0.3 is 9.47 Å². The Kier molecular flexibility index (Phi) is 6.07. The number of hydrogen-bond acceptors (Lipinski definition) is 4. The number of nitrogens with zero attached hydrogens (tertiary/aromatic N) is 3. The second-order valence-corrected chi connectivity index (χ2v) is 12.6. The van der Waals surface area contributed by atoms with Gasteiger partial charge in [0.1, 0.15) is 5.78 Å². The van der Waals surface area contributed by atoms with Crippen molar-refractivity contribution in [1.82, 2.24) is 13.8 Å². The first-order valence-electron chi connectivity index (χ1n) is 11.9. The minimum Gasteiger partial charge on any atom is -0.353 e. The molecule has 3 saturated carbocycles. The summed E-state index contributed by atoms with van der Waals surface area (Å²) < 4.78 is 30.6. The molecule has 8 heteroatoms. The van der Waals surface area contributed by atoms with Crippen LogP contribution in [0.1, 0.15) is 65.0 Å². The van der Waals surface area contributed by atoms with Gasteiger partial charge in [-0.15, -0.1) is 0 Å². The summed E-state index contributed by atoms with van der Waals surface area (Å²) in [6, 6.07) is 4.13. The van der Waals surface area contributed by atoms with Crippen LogP contribution in [0.3, 0.4) is 0 Å². The second-order valence-electron chi connectivity index (χ2n) is 10.6. The van der Waals surface area contributed by atoms with Crippen LogP contribution in [0.5, 0.6) is 0 Å². The zero-order chi connectivity index (χ0) is 23.3. The highest BCUT2D eigenvalue weighted by atomic mass is 32.2. The van der Waals surface area contributed by atoms with Crippen LogP contribution in [0.4, 0.5) is 0 Å². The molecule has 0 aliphatic heterocycles. The van der Waals surface area contributed by atoms with E-state index in [1.54, 1.807) is 0 Å². The van der Waals surface area contributed by atoms with Crippen LogP contribution in [0.15, 0.2) is 18.3 Å². The predicted molar refractivity (Wildman–Crippen MR) is 123 cm³/mol. The zero-order valence-electron chi connectivity index (χ0n) is 19.8. The third-order valence-electron chi connectivity index (χ3n) is 8.44. The first-order valence-corrected chi connectivity index (χ1v) is 13.5.